The van der Waals surface area contributed by atoms with Crippen LogP contribution in [0.25, 0.3) is 22.0 Å². The third-order valence-electron chi connectivity index (χ3n) is 5.13. The van der Waals surface area contributed by atoms with Gasteiger partial charge in [0.1, 0.15) is 0 Å². The Morgan fingerprint density at radius 1 is 0.960 bits per heavy atom. The van der Waals surface area contributed by atoms with Gasteiger partial charge in [-0.25, -0.2) is 5.10 Å². The first-order valence-electron chi connectivity index (χ1n) is 9.07. The monoisotopic (exact) mass is 333 g/mol. The summed E-state index contributed by atoms with van der Waals surface area (Å²) >= 11 is 0. The quantitative estimate of drug-likeness (QED) is 0.761. The van der Waals surface area contributed by atoms with Crippen LogP contribution < -0.4 is 10.5 Å². The normalized spacial score (nSPS) is 15.3. The molecule has 0 bridgehead atoms. The fourth-order valence-electron chi connectivity index (χ4n) is 3.76. The molecule has 0 atom stereocenters. The molecule has 0 saturated carbocycles. The van der Waals surface area contributed by atoms with Crippen LogP contribution in [0.5, 0.6) is 0 Å². The predicted molar refractivity (Wildman–Crippen MR) is 103 cm³/mol. The van der Waals surface area contributed by atoms with Crippen molar-refractivity contribution in [3.8, 4) is 11.3 Å². The minimum Gasteiger partial charge on any atom is -0.372 e. The number of rotatable bonds is 2. The number of hydrogen-bond donors (Lipinski definition) is 1. The second kappa shape index (κ2) is 6.71. The van der Waals surface area contributed by atoms with E-state index in [1.54, 1.807) is 0 Å². The molecule has 4 rings (SSSR count). The molecule has 1 N–H and O–H groups in total. The summed E-state index contributed by atoms with van der Waals surface area (Å²) in [7, 11) is 0. The van der Waals surface area contributed by atoms with E-state index in [1.165, 1.54) is 36.9 Å². The number of anilines is 1. The van der Waals surface area contributed by atoms with Crippen molar-refractivity contribution in [3.63, 3.8) is 0 Å². The lowest BCUT2D eigenvalue weighted by Gasteiger charge is -2.23. The minimum absolute atomic E-state index is 0.141. The van der Waals surface area contributed by atoms with E-state index >= 15 is 0 Å². The number of nitrogens with one attached hydrogen (secondary N) is 1. The molecule has 25 heavy (non-hydrogen) atoms. The van der Waals surface area contributed by atoms with E-state index in [9.17, 15) is 4.79 Å². The number of hydrogen-bond acceptors (Lipinski definition) is 3. The van der Waals surface area contributed by atoms with Crippen molar-refractivity contribution in [1.29, 1.82) is 0 Å². The number of H-pyrrole nitrogens is 1. The zero-order chi connectivity index (χ0) is 17.2. The molecule has 1 saturated heterocycles. The molecular weight excluding hydrogens is 310 g/mol. The molecule has 1 aromatic heterocycles. The van der Waals surface area contributed by atoms with Gasteiger partial charge in [-0.3, -0.25) is 4.79 Å². The van der Waals surface area contributed by atoms with Crippen molar-refractivity contribution >= 4 is 16.5 Å². The summed E-state index contributed by atoms with van der Waals surface area (Å²) in [6, 6.07) is 14.2. The smallest absolute Gasteiger partial charge is 0.272 e. The second-order valence-electron chi connectivity index (χ2n) is 6.85. The van der Waals surface area contributed by atoms with Crippen LogP contribution in [0.1, 0.15) is 31.2 Å². The largest absolute Gasteiger partial charge is 0.372 e. The first kappa shape index (κ1) is 15.9. The van der Waals surface area contributed by atoms with Crippen LogP contribution in [0.3, 0.4) is 0 Å². The highest BCUT2D eigenvalue weighted by molar-refractivity contribution is 5.94. The fourth-order valence-corrected chi connectivity index (χ4v) is 3.76. The summed E-state index contributed by atoms with van der Waals surface area (Å²) in [4.78, 5) is 14.5. The first-order valence-corrected chi connectivity index (χ1v) is 9.07. The lowest BCUT2D eigenvalue weighted by molar-refractivity contribution is 0.726. The van der Waals surface area contributed by atoms with Crippen molar-refractivity contribution in [2.75, 3.05) is 18.0 Å². The van der Waals surface area contributed by atoms with Gasteiger partial charge in [0.05, 0.1) is 11.1 Å². The maximum atomic E-state index is 12.0. The number of aromatic nitrogens is 2. The minimum atomic E-state index is -0.141. The Bertz CT molecular complexity index is 953. The standard InChI is InChI=1S/C21H23N3O/c1-15-14-16(24-12-6-2-3-7-13-24)10-11-17(15)20-18-8-4-5-9-19(18)21(25)23-22-20/h4-5,8-11,14H,2-3,6-7,12-13H2,1H3,(H,23,25). The highest BCUT2D eigenvalue weighted by Crippen LogP contribution is 2.30. The zero-order valence-electron chi connectivity index (χ0n) is 14.6. The van der Waals surface area contributed by atoms with Gasteiger partial charge in [0.15, 0.2) is 0 Å². The molecule has 2 heterocycles. The molecule has 1 aliphatic heterocycles. The molecule has 1 aliphatic rings. The third-order valence-corrected chi connectivity index (χ3v) is 5.13. The topological polar surface area (TPSA) is 49.0 Å². The number of aryl methyl sites for hydroxylation is 1. The molecule has 0 unspecified atom stereocenters. The van der Waals surface area contributed by atoms with Crippen LogP contribution in [-0.2, 0) is 0 Å². The van der Waals surface area contributed by atoms with Crippen LogP contribution >= 0.6 is 0 Å². The van der Waals surface area contributed by atoms with Crippen LogP contribution in [0.15, 0.2) is 47.3 Å². The van der Waals surface area contributed by atoms with E-state index in [0.29, 0.717) is 5.39 Å². The van der Waals surface area contributed by atoms with Crippen molar-refractivity contribution in [2.24, 2.45) is 0 Å². The van der Waals surface area contributed by atoms with E-state index in [2.05, 4.69) is 40.2 Å². The molecule has 4 nitrogen and oxygen atoms in total. The van der Waals surface area contributed by atoms with E-state index in [4.69, 9.17) is 0 Å². The first-order chi connectivity index (χ1) is 12.2. The second-order valence-corrected chi connectivity index (χ2v) is 6.85. The van der Waals surface area contributed by atoms with Crippen molar-refractivity contribution in [3.05, 3.63) is 58.4 Å². The Balaban J connectivity index is 1.77. The van der Waals surface area contributed by atoms with Crippen molar-refractivity contribution in [2.45, 2.75) is 32.6 Å². The van der Waals surface area contributed by atoms with Crippen LogP contribution in [0, 0.1) is 6.92 Å². The molecule has 0 spiro atoms. The van der Waals surface area contributed by atoms with Gasteiger partial charge in [-0.1, -0.05) is 37.1 Å². The predicted octanol–water partition coefficient (Wildman–Crippen LogP) is 4.28. The average molecular weight is 333 g/mol. The number of aromatic amines is 1. The Labute approximate surface area is 147 Å². The van der Waals surface area contributed by atoms with E-state index in [0.717, 1.165) is 29.7 Å². The van der Waals surface area contributed by atoms with E-state index < -0.39 is 0 Å². The van der Waals surface area contributed by atoms with E-state index in [1.807, 2.05) is 24.3 Å². The number of benzene rings is 2. The SMILES string of the molecule is Cc1cc(N2CCCCCC2)ccc1-c1n[nH]c(=O)c2ccccc12. The summed E-state index contributed by atoms with van der Waals surface area (Å²) in [5.74, 6) is 0. The Morgan fingerprint density at radius 3 is 2.40 bits per heavy atom. The summed E-state index contributed by atoms with van der Waals surface area (Å²) in [5, 5.41) is 8.57. The number of fused-ring (bicyclic) bond motifs is 1. The number of nitrogens with zero attached hydrogens (tertiary/aromatic N) is 2. The molecular formula is C21H23N3O. The van der Waals surface area contributed by atoms with Gasteiger partial charge < -0.3 is 4.90 Å². The molecule has 3 aromatic rings. The van der Waals surface area contributed by atoms with Gasteiger partial charge in [-0.2, -0.15) is 5.10 Å². The van der Waals surface area contributed by atoms with Gasteiger partial charge in [0, 0.05) is 29.7 Å². The summed E-state index contributed by atoms with van der Waals surface area (Å²) in [6.07, 6.45) is 5.21. The van der Waals surface area contributed by atoms with E-state index in [-0.39, 0.29) is 5.56 Å². The highest BCUT2D eigenvalue weighted by atomic mass is 16.1. The van der Waals surface area contributed by atoms with Crippen molar-refractivity contribution < 1.29 is 0 Å². The fraction of sp³-hybridized carbons (Fsp3) is 0.333. The lowest BCUT2D eigenvalue weighted by Crippen LogP contribution is -2.23. The Morgan fingerprint density at radius 2 is 1.68 bits per heavy atom. The molecule has 128 valence electrons. The Kier molecular flexibility index (Phi) is 4.26. The zero-order valence-corrected chi connectivity index (χ0v) is 14.6. The maximum absolute atomic E-state index is 12.0. The lowest BCUT2D eigenvalue weighted by atomic mass is 10.00. The molecule has 0 aliphatic carbocycles. The van der Waals surface area contributed by atoms with Crippen LogP contribution in [0.4, 0.5) is 5.69 Å². The summed E-state index contributed by atoms with van der Waals surface area (Å²) < 4.78 is 0. The molecule has 0 amide bonds. The molecule has 4 heteroatoms. The molecule has 1 fully saturated rings. The van der Waals surface area contributed by atoms with Gasteiger partial charge in [0.2, 0.25) is 0 Å². The van der Waals surface area contributed by atoms with Crippen LogP contribution in [-0.4, -0.2) is 23.3 Å². The average Bonchev–Trinajstić information content (AvgIpc) is 2.92. The van der Waals surface area contributed by atoms with Gasteiger partial charge in [-0.15, -0.1) is 0 Å². The van der Waals surface area contributed by atoms with Gasteiger partial charge >= 0.3 is 0 Å². The molecule has 0 radical (unpaired) electrons. The third kappa shape index (κ3) is 3.04. The maximum Gasteiger partial charge on any atom is 0.272 e. The summed E-state index contributed by atoms with van der Waals surface area (Å²) in [6.45, 7) is 4.40. The van der Waals surface area contributed by atoms with Crippen LogP contribution in [0.2, 0.25) is 0 Å². The summed E-state index contributed by atoms with van der Waals surface area (Å²) in [5.41, 5.74) is 4.25. The van der Waals surface area contributed by atoms with Gasteiger partial charge in [0.25, 0.3) is 5.56 Å². The van der Waals surface area contributed by atoms with Crippen molar-refractivity contribution in [1.82, 2.24) is 10.2 Å². The van der Waals surface area contributed by atoms with Gasteiger partial charge in [-0.05, 0) is 43.5 Å². The molecule has 2 aromatic carbocycles. The Hall–Kier alpha value is -2.62. The highest BCUT2D eigenvalue weighted by Gasteiger charge is 2.14.